The quantitative estimate of drug-likeness (QED) is 0.349. The second kappa shape index (κ2) is 10.4. The standard InChI is InChI=1S/C18H33N3O/c1-4-6-7-8-9-10-11-12-18-20-14-16-21(18,5-2)15-13-19-17(3)22/h11-12,14,16,18,20H,4-10,13,15H2,1-3H3/p+1/b12-11+. The van der Waals surface area contributed by atoms with E-state index in [1.54, 1.807) is 6.92 Å². The number of hydrogen-bond acceptors (Lipinski definition) is 2. The Morgan fingerprint density at radius 2 is 2.05 bits per heavy atom. The van der Waals surface area contributed by atoms with Gasteiger partial charge in [0.25, 0.3) is 0 Å². The van der Waals surface area contributed by atoms with Crippen molar-refractivity contribution in [3.05, 3.63) is 24.6 Å². The van der Waals surface area contributed by atoms with Gasteiger partial charge in [0.05, 0.1) is 19.3 Å². The van der Waals surface area contributed by atoms with Crippen LogP contribution in [0.3, 0.4) is 0 Å². The smallest absolute Gasteiger partial charge is 0.217 e. The zero-order valence-electron chi connectivity index (χ0n) is 14.6. The van der Waals surface area contributed by atoms with Crippen molar-refractivity contribution >= 4 is 5.91 Å². The molecule has 0 saturated heterocycles. The average Bonchev–Trinajstić information content (AvgIpc) is 2.89. The molecule has 2 atom stereocenters. The SMILES string of the molecule is CCCCCCC/C=C/C1NC=C[N+]1(CC)CCNC(C)=O. The number of likely N-dealkylation sites (N-methyl/N-ethyl adjacent to an activating group) is 1. The highest BCUT2D eigenvalue weighted by atomic mass is 16.1. The summed E-state index contributed by atoms with van der Waals surface area (Å²) in [4.78, 5) is 11.0. The third kappa shape index (κ3) is 6.22. The number of unbranched alkanes of at least 4 members (excludes halogenated alkanes) is 5. The van der Waals surface area contributed by atoms with Crippen LogP contribution in [0.5, 0.6) is 0 Å². The molecule has 0 aromatic heterocycles. The van der Waals surface area contributed by atoms with Crippen molar-refractivity contribution in [1.29, 1.82) is 0 Å². The highest BCUT2D eigenvalue weighted by molar-refractivity contribution is 5.72. The number of quaternary nitrogens is 1. The zero-order chi connectivity index (χ0) is 16.3. The summed E-state index contributed by atoms with van der Waals surface area (Å²) < 4.78 is 0.868. The lowest BCUT2D eigenvalue weighted by molar-refractivity contribution is -0.891. The minimum Gasteiger partial charge on any atom is -0.351 e. The molecule has 4 nitrogen and oxygen atoms in total. The molecule has 0 radical (unpaired) electrons. The van der Waals surface area contributed by atoms with E-state index >= 15 is 0 Å². The van der Waals surface area contributed by atoms with Crippen molar-refractivity contribution in [2.45, 2.75) is 65.5 Å². The summed E-state index contributed by atoms with van der Waals surface area (Å²) in [6.07, 6.45) is 17.0. The zero-order valence-corrected chi connectivity index (χ0v) is 14.6. The average molecular weight is 308 g/mol. The number of amides is 1. The molecule has 0 bridgehead atoms. The Bertz CT molecular complexity index is 379. The normalized spacial score (nSPS) is 23.9. The summed E-state index contributed by atoms with van der Waals surface area (Å²) in [5.74, 6) is 0.0459. The minimum atomic E-state index is 0.0459. The van der Waals surface area contributed by atoms with E-state index in [-0.39, 0.29) is 5.91 Å². The fourth-order valence-corrected chi connectivity index (χ4v) is 2.96. The van der Waals surface area contributed by atoms with Crippen LogP contribution >= 0.6 is 0 Å². The molecule has 1 aliphatic rings. The van der Waals surface area contributed by atoms with Gasteiger partial charge in [-0.15, -0.1) is 0 Å². The predicted molar refractivity (Wildman–Crippen MR) is 92.9 cm³/mol. The van der Waals surface area contributed by atoms with E-state index in [1.165, 1.54) is 32.1 Å². The first-order valence-electron chi connectivity index (χ1n) is 8.86. The van der Waals surface area contributed by atoms with Crippen molar-refractivity contribution in [3.8, 4) is 0 Å². The lowest BCUT2D eigenvalue weighted by Gasteiger charge is -2.35. The maximum absolute atomic E-state index is 11.0. The van der Waals surface area contributed by atoms with E-state index in [0.29, 0.717) is 6.17 Å². The molecule has 0 aliphatic carbocycles. The van der Waals surface area contributed by atoms with E-state index in [4.69, 9.17) is 0 Å². The molecule has 1 aliphatic heterocycles. The van der Waals surface area contributed by atoms with Gasteiger partial charge in [0.15, 0.2) is 6.17 Å². The van der Waals surface area contributed by atoms with Crippen molar-refractivity contribution in [1.82, 2.24) is 10.6 Å². The first-order valence-corrected chi connectivity index (χ1v) is 8.86. The van der Waals surface area contributed by atoms with Gasteiger partial charge in [0, 0.05) is 6.92 Å². The van der Waals surface area contributed by atoms with E-state index in [9.17, 15) is 4.79 Å². The molecule has 0 spiro atoms. The molecular formula is C18H34N3O+. The largest absolute Gasteiger partial charge is 0.351 e. The van der Waals surface area contributed by atoms with Gasteiger partial charge < -0.3 is 10.6 Å². The molecule has 1 rings (SSSR count). The van der Waals surface area contributed by atoms with Gasteiger partial charge >= 0.3 is 0 Å². The van der Waals surface area contributed by atoms with Crippen molar-refractivity contribution in [2.75, 3.05) is 19.6 Å². The number of carbonyl (C=O) groups excluding carboxylic acids is 1. The van der Waals surface area contributed by atoms with Gasteiger partial charge in [-0.1, -0.05) is 38.7 Å². The highest BCUT2D eigenvalue weighted by Crippen LogP contribution is 2.19. The second-order valence-electron chi connectivity index (χ2n) is 6.18. The Balaban J connectivity index is 2.38. The molecule has 0 fully saturated rings. The van der Waals surface area contributed by atoms with Gasteiger partial charge in [-0.25, -0.2) is 0 Å². The van der Waals surface area contributed by atoms with Crippen molar-refractivity contribution in [3.63, 3.8) is 0 Å². The first-order chi connectivity index (χ1) is 10.6. The molecule has 126 valence electrons. The van der Waals surface area contributed by atoms with Crippen LogP contribution in [0.15, 0.2) is 24.6 Å². The summed E-state index contributed by atoms with van der Waals surface area (Å²) in [5, 5.41) is 6.35. The fraction of sp³-hybridized carbons (Fsp3) is 0.722. The molecule has 2 unspecified atom stereocenters. The molecule has 0 aromatic rings. The minimum absolute atomic E-state index is 0.0459. The van der Waals surface area contributed by atoms with Crippen LogP contribution in [-0.2, 0) is 4.79 Å². The summed E-state index contributed by atoms with van der Waals surface area (Å²) in [5.41, 5.74) is 0. The van der Waals surface area contributed by atoms with Gasteiger partial charge in [-0.3, -0.25) is 9.28 Å². The Morgan fingerprint density at radius 1 is 1.27 bits per heavy atom. The molecular weight excluding hydrogens is 274 g/mol. The third-order valence-corrected chi connectivity index (χ3v) is 4.48. The van der Waals surface area contributed by atoms with E-state index in [0.717, 1.165) is 30.5 Å². The Hall–Kier alpha value is -1.29. The van der Waals surface area contributed by atoms with Crippen molar-refractivity contribution < 1.29 is 9.28 Å². The van der Waals surface area contributed by atoms with Gasteiger partial charge in [0.2, 0.25) is 5.91 Å². The summed E-state index contributed by atoms with van der Waals surface area (Å²) in [6.45, 7) is 8.69. The lowest BCUT2D eigenvalue weighted by Crippen LogP contribution is -2.54. The van der Waals surface area contributed by atoms with Gasteiger partial charge in [-0.05, 0) is 25.8 Å². The first kappa shape index (κ1) is 18.8. The number of carbonyl (C=O) groups is 1. The topological polar surface area (TPSA) is 41.1 Å². The van der Waals surface area contributed by atoms with Crippen molar-refractivity contribution in [2.24, 2.45) is 0 Å². The summed E-state index contributed by atoms with van der Waals surface area (Å²) >= 11 is 0. The molecule has 1 amide bonds. The van der Waals surface area contributed by atoms with Gasteiger partial charge in [-0.2, -0.15) is 0 Å². The predicted octanol–water partition coefficient (Wildman–Crippen LogP) is 3.28. The van der Waals surface area contributed by atoms with Crippen LogP contribution in [0.1, 0.15) is 59.3 Å². The molecule has 2 N–H and O–H groups in total. The molecule has 0 aromatic carbocycles. The number of nitrogens with zero attached hydrogens (tertiary/aromatic N) is 1. The highest BCUT2D eigenvalue weighted by Gasteiger charge is 2.34. The maximum atomic E-state index is 11.0. The van der Waals surface area contributed by atoms with Gasteiger partial charge in [0.1, 0.15) is 12.7 Å². The third-order valence-electron chi connectivity index (χ3n) is 4.48. The summed E-state index contributed by atoms with van der Waals surface area (Å²) in [7, 11) is 0. The monoisotopic (exact) mass is 308 g/mol. The second-order valence-corrected chi connectivity index (χ2v) is 6.18. The number of allylic oxidation sites excluding steroid dienone is 1. The lowest BCUT2D eigenvalue weighted by atomic mass is 10.1. The van der Waals surface area contributed by atoms with Crippen LogP contribution in [0, 0.1) is 0 Å². The Kier molecular flexibility index (Phi) is 8.90. The number of rotatable bonds is 11. The van der Waals surface area contributed by atoms with Crippen LogP contribution in [0.2, 0.25) is 0 Å². The molecule has 4 heteroatoms. The molecule has 22 heavy (non-hydrogen) atoms. The molecule has 0 saturated carbocycles. The summed E-state index contributed by atoms with van der Waals surface area (Å²) in [6, 6.07) is 0. The Labute approximate surface area is 136 Å². The molecule has 1 heterocycles. The number of nitrogens with one attached hydrogen (secondary N) is 2. The van der Waals surface area contributed by atoms with E-state index < -0.39 is 0 Å². The van der Waals surface area contributed by atoms with Crippen LogP contribution < -0.4 is 10.6 Å². The number of hydrogen-bond donors (Lipinski definition) is 2. The van der Waals surface area contributed by atoms with E-state index in [2.05, 4.69) is 42.8 Å². The van der Waals surface area contributed by atoms with Crippen LogP contribution in [0.25, 0.3) is 0 Å². The fourth-order valence-electron chi connectivity index (χ4n) is 2.96. The van der Waals surface area contributed by atoms with Crippen LogP contribution in [0.4, 0.5) is 0 Å². The van der Waals surface area contributed by atoms with Crippen LogP contribution in [-0.4, -0.2) is 36.2 Å². The Morgan fingerprint density at radius 3 is 2.73 bits per heavy atom. The van der Waals surface area contributed by atoms with E-state index in [1.807, 2.05) is 6.20 Å². The maximum Gasteiger partial charge on any atom is 0.217 e.